The molecular formula is C20H21N3O2. The Kier molecular flexibility index (Phi) is 5.69. The zero-order valence-corrected chi connectivity index (χ0v) is 14.3. The van der Waals surface area contributed by atoms with Crippen LogP contribution in [0.2, 0.25) is 0 Å². The number of rotatable bonds is 7. The lowest BCUT2D eigenvalue weighted by Crippen LogP contribution is -2.32. The molecule has 0 aliphatic heterocycles. The summed E-state index contributed by atoms with van der Waals surface area (Å²) >= 11 is 0. The number of amides is 1. The molecule has 2 aromatic heterocycles. The van der Waals surface area contributed by atoms with Crippen LogP contribution in [0, 0.1) is 0 Å². The van der Waals surface area contributed by atoms with Gasteiger partial charge in [0.05, 0.1) is 5.52 Å². The number of hydrogen-bond acceptors (Lipinski definition) is 4. The molecule has 5 nitrogen and oxygen atoms in total. The SMILES string of the molecule is COCCCN(Cc1ccncc1)C(=O)c1cccc2ncccc12. The molecule has 0 N–H and O–H groups in total. The van der Waals surface area contributed by atoms with Crippen LogP contribution < -0.4 is 0 Å². The summed E-state index contributed by atoms with van der Waals surface area (Å²) in [6.07, 6.45) is 6.02. The van der Waals surface area contributed by atoms with Gasteiger partial charge in [-0.3, -0.25) is 14.8 Å². The third-order valence-corrected chi connectivity index (χ3v) is 4.06. The van der Waals surface area contributed by atoms with Crippen LogP contribution in [-0.4, -0.2) is 41.0 Å². The molecule has 0 saturated heterocycles. The molecule has 0 atom stereocenters. The first-order valence-corrected chi connectivity index (χ1v) is 8.30. The van der Waals surface area contributed by atoms with E-state index in [0.29, 0.717) is 25.3 Å². The van der Waals surface area contributed by atoms with E-state index in [1.807, 2.05) is 47.4 Å². The molecule has 0 bridgehead atoms. The van der Waals surface area contributed by atoms with E-state index in [2.05, 4.69) is 9.97 Å². The normalized spacial score (nSPS) is 10.8. The highest BCUT2D eigenvalue weighted by atomic mass is 16.5. The Bertz CT molecular complexity index is 831. The van der Waals surface area contributed by atoms with Crippen molar-refractivity contribution < 1.29 is 9.53 Å². The zero-order chi connectivity index (χ0) is 17.5. The Morgan fingerprint density at radius 2 is 1.92 bits per heavy atom. The predicted molar refractivity (Wildman–Crippen MR) is 97.2 cm³/mol. The summed E-state index contributed by atoms with van der Waals surface area (Å²) in [5.41, 5.74) is 2.56. The average molecular weight is 335 g/mol. The number of methoxy groups -OCH3 is 1. The lowest BCUT2D eigenvalue weighted by molar-refractivity contribution is 0.0725. The lowest BCUT2D eigenvalue weighted by Gasteiger charge is -2.23. The summed E-state index contributed by atoms with van der Waals surface area (Å²) in [6.45, 7) is 1.80. The predicted octanol–water partition coefficient (Wildman–Crippen LogP) is 3.31. The first-order valence-electron chi connectivity index (χ1n) is 8.30. The van der Waals surface area contributed by atoms with E-state index < -0.39 is 0 Å². The summed E-state index contributed by atoms with van der Waals surface area (Å²) in [5, 5.41) is 0.876. The van der Waals surface area contributed by atoms with Crippen LogP contribution in [0.25, 0.3) is 10.9 Å². The molecule has 0 aliphatic rings. The van der Waals surface area contributed by atoms with Crippen molar-refractivity contribution in [2.24, 2.45) is 0 Å². The van der Waals surface area contributed by atoms with Crippen molar-refractivity contribution in [1.82, 2.24) is 14.9 Å². The third kappa shape index (κ3) is 4.19. The van der Waals surface area contributed by atoms with Crippen LogP contribution in [-0.2, 0) is 11.3 Å². The van der Waals surface area contributed by atoms with Gasteiger partial charge in [-0.2, -0.15) is 0 Å². The van der Waals surface area contributed by atoms with Crippen LogP contribution in [0.3, 0.4) is 0 Å². The van der Waals surface area contributed by atoms with Gasteiger partial charge in [-0.1, -0.05) is 12.1 Å². The van der Waals surface area contributed by atoms with Gasteiger partial charge in [-0.05, 0) is 42.3 Å². The molecule has 25 heavy (non-hydrogen) atoms. The van der Waals surface area contributed by atoms with E-state index in [9.17, 15) is 4.79 Å². The Balaban J connectivity index is 1.89. The second-order valence-corrected chi connectivity index (χ2v) is 5.80. The van der Waals surface area contributed by atoms with Gasteiger partial charge in [0.25, 0.3) is 5.91 Å². The summed E-state index contributed by atoms with van der Waals surface area (Å²) in [5.74, 6) is 0.00603. The molecule has 0 spiro atoms. The van der Waals surface area contributed by atoms with E-state index in [-0.39, 0.29) is 5.91 Å². The number of aromatic nitrogens is 2. The quantitative estimate of drug-likeness (QED) is 0.622. The maximum atomic E-state index is 13.2. The van der Waals surface area contributed by atoms with E-state index in [4.69, 9.17) is 4.74 Å². The minimum atomic E-state index is 0.00603. The Labute approximate surface area is 147 Å². The number of carbonyl (C=O) groups excluding carboxylic acids is 1. The van der Waals surface area contributed by atoms with Crippen LogP contribution >= 0.6 is 0 Å². The fourth-order valence-electron chi connectivity index (χ4n) is 2.82. The Morgan fingerprint density at radius 3 is 2.72 bits per heavy atom. The van der Waals surface area contributed by atoms with Gasteiger partial charge in [0.1, 0.15) is 0 Å². The van der Waals surface area contributed by atoms with Crippen molar-refractivity contribution in [3.63, 3.8) is 0 Å². The van der Waals surface area contributed by atoms with Crippen LogP contribution in [0.4, 0.5) is 0 Å². The minimum absolute atomic E-state index is 0.00603. The topological polar surface area (TPSA) is 55.3 Å². The molecule has 0 fully saturated rings. The van der Waals surface area contributed by atoms with E-state index in [1.165, 1.54) is 0 Å². The lowest BCUT2D eigenvalue weighted by atomic mass is 10.1. The first kappa shape index (κ1) is 17.0. The molecule has 0 unspecified atom stereocenters. The van der Waals surface area contributed by atoms with E-state index in [0.717, 1.165) is 22.9 Å². The van der Waals surface area contributed by atoms with Gasteiger partial charge in [0, 0.05) is 56.3 Å². The fraction of sp³-hybridized carbons (Fsp3) is 0.250. The van der Waals surface area contributed by atoms with E-state index >= 15 is 0 Å². The molecule has 5 heteroatoms. The molecule has 0 aliphatic carbocycles. The van der Waals surface area contributed by atoms with Gasteiger partial charge in [-0.25, -0.2) is 0 Å². The van der Waals surface area contributed by atoms with Crippen molar-refractivity contribution in [3.8, 4) is 0 Å². The third-order valence-electron chi connectivity index (χ3n) is 4.06. The van der Waals surface area contributed by atoms with Crippen molar-refractivity contribution in [2.75, 3.05) is 20.3 Å². The summed E-state index contributed by atoms with van der Waals surface area (Å²) < 4.78 is 5.14. The number of hydrogen-bond donors (Lipinski definition) is 0. The second kappa shape index (κ2) is 8.35. The molecule has 0 radical (unpaired) electrons. The maximum Gasteiger partial charge on any atom is 0.254 e. The monoisotopic (exact) mass is 335 g/mol. The maximum absolute atomic E-state index is 13.2. The summed E-state index contributed by atoms with van der Waals surface area (Å²) in [6, 6.07) is 13.3. The van der Waals surface area contributed by atoms with Gasteiger partial charge >= 0.3 is 0 Å². The second-order valence-electron chi connectivity index (χ2n) is 5.80. The first-order chi connectivity index (χ1) is 12.3. The van der Waals surface area contributed by atoms with Gasteiger partial charge in [-0.15, -0.1) is 0 Å². The molecular weight excluding hydrogens is 314 g/mol. The van der Waals surface area contributed by atoms with Crippen molar-refractivity contribution >= 4 is 16.8 Å². The van der Waals surface area contributed by atoms with Gasteiger partial charge in [0.15, 0.2) is 0 Å². The summed E-state index contributed by atoms with van der Waals surface area (Å²) in [7, 11) is 1.67. The number of ether oxygens (including phenoxy) is 1. The molecule has 1 amide bonds. The number of pyridine rings is 2. The van der Waals surface area contributed by atoms with Crippen molar-refractivity contribution in [2.45, 2.75) is 13.0 Å². The van der Waals surface area contributed by atoms with Crippen LogP contribution in [0.1, 0.15) is 22.3 Å². The Morgan fingerprint density at radius 1 is 1.08 bits per heavy atom. The van der Waals surface area contributed by atoms with Crippen LogP contribution in [0.5, 0.6) is 0 Å². The van der Waals surface area contributed by atoms with Crippen molar-refractivity contribution in [1.29, 1.82) is 0 Å². The minimum Gasteiger partial charge on any atom is -0.385 e. The highest BCUT2D eigenvalue weighted by Crippen LogP contribution is 2.19. The molecule has 3 rings (SSSR count). The average Bonchev–Trinajstić information content (AvgIpc) is 2.67. The highest BCUT2D eigenvalue weighted by molar-refractivity contribution is 6.06. The molecule has 1 aromatic carbocycles. The van der Waals surface area contributed by atoms with Gasteiger partial charge in [0.2, 0.25) is 0 Å². The van der Waals surface area contributed by atoms with E-state index in [1.54, 1.807) is 25.7 Å². The molecule has 0 saturated carbocycles. The smallest absolute Gasteiger partial charge is 0.254 e. The molecule has 3 aromatic rings. The Hall–Kier alpha value is -2.79. The van der Waals surface area contributed by atoms with Crippen LogP contribution in [0.15, 0.2) is 61.1 Å². The molecule has 2 heterocycles. The largest absolute Gasteiger partial charge is 0.385 e. The number of fused-ring (bicyclic) bond motifs is 1. The summed E-state index contributed by atoms with van der Waals surface area (Å²) in [4.78, 5) is 23.4. The standard InChI is InChI=1S/C20H21N3O2/c1-25-14-4-13-23(15-16-8-11-21-12-9-16)20(24)18-5-2-7-19-17(18)6-3-10-22-19/h2-3,5-12H,4,13-15H2,1H3. The van der Waals surface area contributed by atoms with Crippen molar-refractivity contribution in [3.05, 3.63) is 72.2 Å². The zero-order valence-electron chi connectivity index (χ0n) is 14.3. The number of carbonyl (C=O) groups is 1. The number of nitrogens with zero attached hydrogens (tertiary/aromatic N) is 3. The molecule has 128 valence electrons. The van der Waals surface area contributed by atoms with Gasteiger partial charge < -0.3 is 9.64 Å². The number of benzene rings is 1. The fourth-order valence-corrected chi connectivity index (χ4v) is 2.82. The highest BCUT2D eigenvalue weighted by Gasteiger charge is 2.18.